The summed E-state index contributed by atoms with van der Waals surface area (Å²) in [6, 6.07) is 9.44. The predicted molar refractivity (Wildman–Crippen MR) is 81.3 cm³/mol. The molecule has 110 valence electrons. The lowest BCUT2D eigenvalue weighted by atomic mass is 10.1. The molecule has 21 heavy (non-hydrogen) atoms. The van der Waals surface area contributed by atoms with Gasteiger partial charge in [-0.1, -0.05) is 17.7 Å². The molecular weight excluding hydrogens is 293 g/mol. The number of nitrogens with one attached hydrogen (secondary N) is 1. The second kappa shape index (κ2) is 6.59. The largest absolute Gasteiger partial charge is 0.465 e. The van der Waals surface area contributed by atoms with E-state index < -0.39 is 5.97 Å². The third-order valence-corrected chi connectivity index (χ3v) is 3.50. The Balaban J connectivity index is 2.19. The van der Waals surface area contributed by atoms with Crippen LogP contribution in [0.15, 0.2) is 36.4 Å². The molecule has 2 aromatic carbocycles. The average Bonchev–Trinajstić information content (AvgIpc) is 2.48. The van der Waals surface area contributed by atoms with Crippen molar-refractivity contribution in [3.8, 4) is 0 Å². The van der Waals surface area contributed by atoms with Gasteiger partial charge in [0.25, 0.3) is 0 Å². The summed E-state index contributed by atoms with van der Waals surface area (Å²) in [6.07, 6.45) is 0. The van der Waals surface area contributed by atoms with Gasteiger partial charge in [-0.25, -0.2) is 9.18 Å². The van der Waals surface area contributed by atoms with Gasteiger partial charge in [-0.3, -0.25) is 0 Å². The number of benzene rings is 2. The highest BCUT2D eigenvalue weighted by Crippen LogP contribution is 2.24. The molecular formula is C16H15ClFNO2. The number of methoxy groups -OCH3 is 1. The van der Waals surface area contributed by atoms with Gasteiger partial charge >= 0.3 is 5.97 Å². The molecule has 0 radical (unpaired) electrons. The Morgan fingerprint density at radius 1 is 1.29 bits per heavy atom. The van der Waals surface area contributed by atoms with Crippen molar-refractivity contribution in [2.75, 3.05) is 12.4 Å². The van der Waals surface area contributed by atoms with Gasteiger partial charge in [-0.05, 0) is 48.4 Å². The molecule has 0 aliphatic rings. The highest BCUT2D eigenvalue weighted by atomic mass is 35.5. The van der Waals surface area contributed by atoms with Crippen molar-refractivity contribution in [3.63, 3.8) is 0 Å². The first-order valence-corrected chi connectivity index (χ1v) is 6.76. The number of halogens is 2. The zero-order chi connectivity index (χ0) is 15.4. The summed E-state index contributed by atoms with van der Waals surface area (Å²) in [6.45, 7) is 2.32. The van der Waals surface area contributed by atoms with Gasteiger partial charge in [-0.2, -0.15) is 0 Å². The Morgan fingerprint density at radius 3 is 2.76 bits per heavy atom. The molecule has 0 unspecified atom stereocenters. The molecule has 0 aliphatic carbocycles. The van der Waals surface area contributed by atoms with Crippen LogP contribution >= 0.6 is 11.6 Å². The van der Waals surface area contributed by atoms with E-state index >= 15 is 0 Å². The number of hydrogen-bond donors (Lipinski definition) is 1. The minimum atomic E-state index is -0.434. The van der Waals surface area contributed by atoms with Crippen LogP contribution in [0.3, 0.4) is 0 Å². The summed E-state index contributed by atoms with van der Waals surface area (Å²) in [4.78, 5) is 11.5. The molecule has 1 N–H and O–H groups in total. The summed E-state index contributed by atoms with van der Waals surface area (Å²) in [5.74, 6) is -0.719. The van der Waals surface area contributed by atoms with E-state index in [0.29, 0.717) is 22.8 Å². The molecule has 0 saturated heterocycles. The number of carbonyl (C=O) groups excluding carboxylic acids is 1. The fourth-order valence-electron chi connectivity index (χ4n) is 1.93. The Labute approximate surface area is 127 Å². The molecule has 0 spiro atoms. The third kappa shape index (κ3) is 3.73. The average molecular weight is 308 g/mol. The Bertz CT molecular complexity index is 673. The van der Waals surface area contributed by atoms with Crippen molar-refractivity contribution in [2.45, 2.75) is 13.5 Å². The number of aryl methyl sites for hydroxylation is 1. The zero-order valence-corrected chi connectivity index (χ0v) is 12.5. The number of anilines is 1. The maximum absolute atomic E-state index is 13.3. The fourth-order valence-corrected chi connectivity index (χ4v) is 2.11. The quantitative estimate of drug-likeness (QED) is 0.861. The molecule has 0 amide bonds. The first kappa shape index (κ1) is 15.3. The minimum Gasteiger partial charge on any atom is -0.465 e. The molecule has 3 nitrogen and oxygen atoms in total. The van der Waals surface area contributed by atoms with Crippen molar-refractivity contribution >= 4 is 23.3 Å². The molecule has 0 aliphatic heterocycles. The molecule has 0 fully saturated rings. The maximum atomic E-state index is 13.3. The van der Waals surface area contributed by atoms with Gasteiger partial charge in [0.1, 0.15) is 5.82 Å². The van der Waals surface area contributed by atoms with Gasteiger partial charge in [-0.15, -0.1) is 0 Å². The molecule has 0 atom stereocenters. The lowest BCUT2D eigenvalue weighted by Crippen LogP contribution is -2.05. The molecule has 0 bridgehead atoms. The van der Waals surface area contributed by atoms with Crippen LogP contribution in [-0.4, -0.2) is 13.1 Å². The number of rotatable bonds is 4. The van der Waals surface area contributed by atoms with Crippen LogP contribution in [-0.2, 0) is 11.3 Å². The molecule has 5 heteroatoms. The van der Waals surface area contributed by atoms with E-state index in [1.54, 1.807) is 24.3 Å². The van der Waals surface area contributed by atoms with Gasteiger partial charge in [0, 0.05) is 6.54 Å². The number of hydrogen-bond acceptors (Lipinski definition) is 3. The Kier molecular flexibility index (Phi) is 4.81. The van der Waals surface area contributed by atoms with E-state index in [9.17, 15) is 9.18 Å². The van der Waals surface area contributed by atoms with E-state index in [-0.39, 0.29) is 5.82 Å². The summed E-state index contributed by atoms with van der Waals surface area (Å²) >= 11 is 6.09. The van der Waals surface area contributed by atoms with Crippen LogP contribution in [0.5, 0.6) is 0 Å². The fraction of sp³-hybridized carbons (Fsp3) is 0.188. The van der Waals surface area contributed by atoms with E-state index in [2.05, 4.69) is 10.1 Å². The number of carbonyl (C=O) groups is 1. The van der Waals surface area contributed by atoms with Crippen molar-refractivity contribution in [1.82, 2.24) is 0 Å². The molecule has 0 saturated carbocycles. The smallest absolute Gasteiger partial charge is 0.337 e. The molecule has 0 heterocycles. The monoisotopic (exact) mass is 307 g/mol. The van der Waals surface area contributed by atoms with Crippen LogP contribution in [0.4, 0.5) is 10.1 Å². The first-order valence-electron chi connectivity index (χ1n) is 6.38. The topological polar surface area (TPSA) is 38.3 Å². The summed E-state index contributed by atoms with van der Waals surface area (Å²) < 4.78 is 17.9. The highest BCUT2D eigenvalue weighted by Gasteiger charge is 2.09. The minimum absolute atomic E-state index is 0.285. The van der Waals surface area contributed by atoms with Crippen molar-refractivity contribution in [1.29, 1.82) is 0 Å². The first-order chi connectivity index (χ1) is 10.0. The van der Waals surface area contributed by atoms with Crippen molar-refractivity contribution < 1.29 is 13.9 Å². The van der Waals surface area contributed by atoms with Crippen molar-refractivity contribution in [3.05, 3.63) is 63.9 Å². The number of ether oxygens (including phenoxy) is 1. The van der Waals surface area contributed by atoms with Gasteiger partial charge < -0.3 is 10.1 Å². The van der Waals surface area contributed by atoms with Crippen LogP contribution in [0.25, 0.3) is 0 Å². The van der Waals surface area contributed by atoms with E-state index in [1.165, 1.54) is 19.2 Å². The molecule has 2 rings (SSSR count). The lowest BCUT2D eigenvalue weighted by molar-refractivity contribution is 0.0601. The van der Waals surface area contributed by atoms with Gasteiger partial charge in [0.05, 0.1) is 23.4 Å². The van der Waals surface area contributed by atoms with E-state index in [4.69, 9.17) is 11.6 Å². The van der Waals surface area contributed by atoms with E-state index in [1.807, 2.05) is 6.92 Å². The third-order valence-electron chi connectivity index (χ3n) is 3.17. The zero-order valence-electron chi connectivity index (χ0n) is 11.7. The highest BCUT2D eigenvalue weighted by molar-refractivity contribution is 6.33. The summed E-state index contributed by atoms with van der Waals surface area (Å²) in [7, 11) is 1.32. The number of esters is 1. The van der Waals surface area contributed by atoms with Crippen LogP contribution in [0, 0.1) is 12.7 Å². The van der Waals surface area contributed by atoms with Gasteiger partial charge in [0.15, 0.2) is 0 Å². The van der Waals surface area contributed by atoms with Crippen LogP contribution < -0.4 is 5.32 Å². The predicted octanol–water partition coefficient (Wildman–Crippen LogP) is 4.19. The van der Waals surface area contributed by atoms with Crippen molar-refractivity contribution in [2.24, 2.45) is 0 Å². The van der Waals surface area contributed by atoms with Gasteiger partial charge in [0.2, 0.25) is 0 Å². The second-order valence-corrected chi connectivity index (χ2v) is 5.02. The summed E-state index contributed by atoms with van der Waals surface area (Å²) in [5.41, 5.74) is 2.81. The molecule has 0 aromatic heterocycles. The normalized spacial score (nSPS) is 10.3. The SMILES string of the molecule is COC(=O)c1ccc(Cl)c(NCc2cc(F)ccc2C)c1. The lowest BCUT2D eigenvalue weighted by Gasteiger charge is -2.11. The summed E-state index contributed by atoms with van der Waals surface area (Å²) in [5, 5.41) is 3.59. The van der Waals surface area contributed by atoms with E-state index in [0.717, 1.165) is 11.1 Å². The van der Waals surface area contributed by atoms with Crippen LogP contribution in [0.1, 0.15) is 21.5 Å². The van der Waals surface area contributed by atoms with Crippen LogP contribution in [0.2, 0.25) is 5.02 Å². The Hall–Kier alpha value is -2.07. The standard InChI is InChI=1S/C16H15ClFNO2/c1-10-3-5-13(18)7-12(10)9-19-15-8-11(16(20)21-2)4-6-14(15)17/h3-8,19H,9H2,1-2H3. The molecule has 2 aromatic rings. The maximum Gasteiger partial charge on any atom is 0.337 e. The second-order valence-electron chi connectivity index (χ2n) is 4.61. The Morgan fingerprint density at radius 2 is 2.05 bits per heavy atom.